The van der Waals surface area contributed by atoms with Crippen LogP contribution in [-0.4, -0.2) is 34.9 Å². The Hall–Kier alpha value is -3.15. The smallest absolute Gasteiger partial charge is 0.224 e. The first-order chi connectivity index (χ1) is 17.4. The van der Waals surface area contributed by atoms with Gasteiger partial charge in [-0.1, -0.05) is 86.6 Å². The van der Waals surface area contributed by atoms with E-state index in [2.05, 4.69) is 19.2 Å². The molecule has 0 saturated carbocycles. The van der Waals surface area contributed by atoms with Gasteiger partial charge in [0.15, 0.2) is 0 Å². The zero-order valence-corrected chi connectivity index (χ0v) is 21.1. The summed E-state index contributed by atoms with van der Waals surface area (Å²) >= 11 is 0. The molecule has 1 aliphatic rings. The maximum Gasteiger partial charge on any atom is 0.224 e. The molecule has 3 aromatic rings. The summed E-state index contributed by atoms with van der Waals surface area (Å²) < 4.78 is 5.96. The third-order valence-electron chi connectivity index (χ3n) is 6.75. The lowest BCUT2D eigenvalue weighted by Crippen LogP contribution is -2.39. The Bertz CT molecular complexity index is 1130. The molecule has 1 aliphatic carbocycles. The lowest BCUT2D eigenvalue weighted by Gasteiger charge is -2.25. The third-order valence-corrected chi connectivity index (χ3v) is 6.75. The molecule has 0 aliphatic heterocycles. The van der Waals surface area contributed by atoms with Gasteiger partial charge in [-0.15, -0.1) is 0 Å². The van der Waals surface area contributed by atoms with Gasteiger partial charge < -0.3 is 20.3 Å². The van der Waals surface area contributed by atoms with E-state index in [0.717, 1.165) is 28.0 Å². The summed E-state index contributed by atoms with van der Waals surface area (Å²) in [6.45, 7) is 4.81. The number of benzene rings is 3. The first-order valence-corrected chi connectivity index (χ1v) is 12.9. The largest absolute Gasteiger partial charge is 0.493 e. The van der Waals surface area contributed by atoms with Gasteiger partial charge in [0.25, 0.3) is 0 Å². The molecule has 3 aromatic carbocycles. The zero-order chi connectivity index (χ0) is 25.5. The van der Waals surface area contributed by atoms with Crippen molar-refractivity contribution in [1.82, 2.24) is 5.32 Å². The topological polar surface area (TPSA) is 78.8 Å². The summed E-state index contributed by atoms with van der Waals surface area (Å²) in [7, 11) is 0. The van der Waals surface area contributed by atoms with E-state index in [-0.39, 0.29) is 5.91 Å². The highest BCUT2D eigenvalue weighted by Crippen LogP contribution is 2.32. The number of para-hydroxylation sites is 1. The molecule has 0 aromatic heterocycles. The number of fused-ring (bicyclic) bond motifs is 1. The van der Waals surface area contributed by atoms with E-state index >= 15 is 0 Å². The zero-order valence-electron chi connectivity index (χ0n) is 21.1. The van der Waals surface area contributed by atoms with Crippen molar-refractivity contribution >= 4 is 5.91 Å². The Kier molecular flexibility index (Phi) is 8.79. The molecule has 0 heterocycles. The van der Waals surface area contributed by atoms with Gasteiger partial charge in [-0.25, -0.2) is 0 Å². The molecule has 36 heavy (non-hydrogen) atoms. The molecule has 1 amide bonds. The normalized spacial score (nSPS) is 18.5. The monoisotopic (exact) mass is 487 g/mol. The van der Waals surface area contributed by atoms with Crippen LogP contribution in [-0.2, 0) is 24.1 Å². The van der Waals surface area contributed by atoms with Gasteiger partial charge in [0.1, 0.15) is 5.75 Å². The molecule has 5 heteroatoms. The Labute approximate surface area is 214 Å². The minimum absolute atomic E-state index is 0.150. The minimum atomic E-state index is -0.714. The number of rotatable bonds is 11. The number of hydrogen-bond acceptors (Lipinski definition) is 4. The van der Waals surface area contributed by atoms with Crippen molar-refractivity contribution in [2.24, 2.45) is 11.8 Å². The molecule has 5 nitrogen and oxygen atoms in total. The van der Waals surface area contributed by atoms with E-state index in [4.69, 9.17) is 4.74 Å². The summed E-state index contributed by atoms with van der Waals surface area (Å²) in [4.78, 5) is 13.5. The second kappa shape index (κ2) is 12.2. The van der Waals surface area contributed by atoms with Crippen molar-refractivity contribution in [3.05, 3.63) is 101 Å². The fraction of sp³-hybridized carbons (Fsp3) is 0.387. The van der Waals surface area contributed by atoms with E-state index in [1.54, 1.807) is 0 Å². The van der Waals surface area contributed by atoms with Crippen LogP contribution >= 0.6 is 0 Å². The van der Waals surface area contributed by atoms with E-state index in [9.17, 15) is 15.0 Å². The van der Waals surface area contributed by atoms with Crippen LogP contribution in [0.2, 0.25) is 0 Å². The molecule has 0 bridgehead atoms. The SMILES string of the molecule is CC(C)COc1ccccc1C[C@@H](O)C[C@@H](Cc1ccccc1)C(=O)NC1c2ccccc2C[C@H]1O. The standard InChI is InChI=1S/C31H37NO4/c1-21(2)20-36-29-15-9-7-13-24(29)17-26(33)18-25(16-22-10-4-3-5-11-22)31(35)32-30-27-14-8-6-12-23(27)19-28(30)34/h3-15,21,25-26,28,30,33-34H,16-20H2,1-2H3,(H,32,35)/t25-,26-,28-,30?/m1/s1. The van der Waals surface area contributed by atoms with Crippen molar-refractivity contribution in [2.45, 2.75) is 57.8 Å². The molecule has 3 N–H and O–H groups in total. The van der Waals surface area contributed by atoms with Gasteiger partial charge in [-0.05, 0) is 47.1 Å². The number of carbonyl (C=O) groups is 1. The number of carbonyl (C=O) groups excluding carboxylic acids is 1. The summed E-state index contributed by atoms with van der Waals surface area (Å²) in [6, 6.07) is 25.0. The number of aliphatic hydroxyl groups excluding tert-OH is 2. The number of aliphatic hydroxyl groups is 2. The van der Waals surface area contributed by atoms with Crippen molar-refractivity contribution in [1.29, 1.82) is 0 Å². The Morgan fingerprint density at radius 3 is 2.44 bits per heavy atom. The van der Waals surface area contributed by atoms with Gasteiger partial charge >= 0.3 is 0 Å². The van der Waals surface area contributed by atoms with Crippen molar-refractivity contribution in [2.75, 3.05) is 6.61 Å². The predicted octanol–water partition coefficient (Wildman–Crippen LogP) is 4.65. The van der Waals surface area contributed by atoms with Crippen LogP contribution in [0.1, 0.15) is 48.6 Å². The third kappa shape index (κ3) is 6.74. The summed E-state index contributed by atoms with van der Waals surface area (Å²) in [5, 5.41) is 24.8. The highest BCUT2D eigenvalue weighted by atomic mass is 16.5. The average molecular weight is 488 g/mol. The van der Waals surface area contributed by atoms with Crippen LogP contribution in [0.15, 0.2) is 78.9 Å². The lowest BCUT2D eigenvalue weighted by atomic mass is 9.90. The fourth-order valence-electron chi connectivity index (χ4n) is 4.94. The molecule has 1 unspecified atom stereocenters. The van der Waals surface area contributed by atoms with Crippen LogP contribution in [0.4, 0.5) is 0 Å². The lowest BCUT2D eigenvalue weighted by molar-refractivity contribution is -0.127. The highest BCUT2D eigenvalue weighted by Gasteiger charge is 2.34. The molecular weight excluding hydrogens is 450 g/mol. The Morgan fingerprint density at radius 1 is 0.972 bits per heavy atom. The van der Waals surface area contributed by atoms with Crippen LogP contribution in [0.25, 0.3) is 0 Å². The predicted molar refractivity (Wildman–Crippen MR) is 142 cm³/mol. The van der Waals surface area contributed by atoms with Crippen molar-refractivity contribution < 1.29 is 19.7 Å². The van der Waals surface area contributed by atoms with Gasteiger partial charge in [0.05, 0.1) is 24.9 Å². The van der Waals surface area contributed by atoms with Crippen LogP contribution in [0.5, 0.6) is 5.75 Å². The van der Waals surface area contributed by atoms with Gasteiger partial charge in [0, 0.05) is 18.8 Å². The highest BCUT2D eigenvalue weighted by molar-refractivity contribution is 5.80. The number of hydrogen-bond donors (Lipinski definition) is 3. The second-order valence-electron chi connectivity index (χ2n) is 10.2. The summed E-state index contributed by atoms with van der Waals surface area (Å²) in [5.41, 5.74) is 4.00. The average Bonchev–Trinajstić information content (AvgIpc) is 3.18. The van der Waals surface area contributed by atoms with Gasteiger partial charge in [0.2, 0.25) is 5.91 Å². The van der Waals surface area contributed by atoms with E-state index in [1.807, 2.05) is 78.9 Å². The van der Waals surface area contributed by atoms with Crippen molar-refractivity contribution in [3.63, 3.8) is 0 Å². The number of nitrogens with one attached hydrogen (secondary N) is 1. The molecule has 190 valence electrons. The molecule has 0 fully saturated rings. The van der Waals surface area contributed by atoms with E-state index in [0.29, 0.717) is 38.2 Å². The Morgan fingerprint density at radius 2 is 1.67 bits per heavy atom. The summed E-state index contributed by atoms with van der Waals surface area (Å²) in [6.07, 6.45) is 0.387. The molecule has 0 saturated heterocycles. The van der Waals surface area contributed by atoms with Crippen LogP contribution in [0.3, 0.4) is 0 Å². The Balaban J connectivity index is 1.48. The van der Waals surface area contributed by atoms with Gasteiger partial charge in [-0.2, -0.15) is 0 Å². The molecule has 0 radical (unpaired) electrons. The van der Waals surface area contributed by atoms with Crippen LogP contribution in [0, 0.1) is 11.8 Å². The molecular formula is C31H37NO4. The quantitative estimate of drug-likeness (QED) is 0.368. The summed E-state index contributed by atoms with van der Waals surface area (Å²) in [5.74, 6) is 0.590. The van der Waals surface area contributed by atoms with Crippen molar-refractivity contribution in [3.8, 4) is 5.75 Å². The molecule has 4 atom stereocenters. The number of ether oxygens (including phenoxy) is 1. The first kappa shape index (κ1) is 25.9. The van der Waals surface area contributed by atoms with Gasteiger partial charge in [-0.3, -0.25) is 4.79 Å². The minimum Gasteiger partial charge on any atom is -0.493 e. The van der Waals surface area contributed by atoms with E-state index in [1.165, 1.54) is 0 Å². The fourth-order valence-corrected chi connectivity index (χ4v) is 4.94. The van der Waals surface area contributed by atoms with Crippen LogP contribution < -0.4 is 10.1 Å². The first-order valence-electron chi connectivity index (χ1n) is 12.9. The van der Waals surface area contributed by atoms with E-state index < -0.39 is 24.2 Å². The molecule has 0 spiro atoms. The second-order valence-corrected chi connectivity index (χ2v) is 10.2. The molecule has 4 rings (SSSR count). The maximum atomic E-state index is 13.5. The number of amides is 1. The maximum absolute atomic E-state index is 13.5.